The first-order valence-electron chi connectivity index (χ1n) is 7.19. The highest BCUT2D eigenvalue weighted by atomic mass is 16.5. The van der Waals surface area contributed by atoms with Gasteiger partial charge in [0.2, 0.25) is 5.91 Å². The largest absolute Gasteiger partial charge is 0.494 e. The molecule has 5 heteroatoms. The van der Waals surface area contributed by atoms with Crippen molar-refractivity contribution in [1.82, 2.24) is 4.57 Å². The first kappa shape index (κ1) is 15.3. The summed E-state index contributed by atoms with van der Waals surface area (Å²) in [7, 11) is 0. The van der Waals surface area contributed by atoms with E-state index in [2.05, 4.69) is 0 Å². The van der Waals surface area contributed by atoms with Gasteiger partial charge in [0.15, 0.2) is 0 Å². The maximum atomic E-state index is 12.0. The topological polar surface area (TPSA) is 74.3 Å². The summed E-state index contributed by atoms with van der Waals surface area (Å²) in [5.41, 5.74) is 5.71. The fraction of sp³-hybridized carbons (Fsp3) is 0.375. The quantitative estimate of drug-likeness (QED) is 0.827. The van der Waals surface area contributed by atoms with Gasteiger partial charge in [0, 0.05) is 18.6 Å². The summed E-state index contributed by atoms with van der Waals surface area (Å²) in [5.74, 6) is 0.439. The molecule has 5 nitrogen and oxygen atoms in total. The molecule has 2 rings (SSSR count). The summed E-state index contributed by atoms with van der Waals surface area (Å²) >= 11 is 0. The number of rotatable bonds is 6. The van der Waals surface area contributed by atoms with Gasteiger partial charge in [-0.2, -0.15) is 0 Å². The van der Waals surface area contributed by atoms with Crippen LogP contribution < -0.4 is 16.0 Å². The predicted octanol–water partition coefficient (Wildman–Crippen LogP) is 2.17. The molecule has 0 atom stereocenters. The second-order valence-electron chi connectivity index (χ2n) is 4.82. The molecule has 1 aromatic carbocycles. The molecule has 0 saturated carbocycles. The van der Waals surface area contributed by atoms with Gasteiger partial charge in [-0.1, -0.05) is 6.92 Å². The van der Waals surface area contributed by atoms with Crippen LogP contribution in [0.1, 0.15) is 31.0 Å². The Balaban J connectivity index is 2.36. The number of pyridine rings is 1. The summed E-state index contributed by atoms with van der Waals surface area (Å²) in [6.07, 6.45) is 2.07. The number of ether oxygens (including phenoxy) is 1. The van der Waals surface area contributed by atoms with Gasteiger partial charge in [0.05, 0.1) is 12.1 Å². The van der Waals surface area contributed by atoms with Crippen molar-refractivity contribution in [2.24, 2.45) is 5.73 Å². The molecular formula is C16H20N2O3. The molecule has 0 fully saturated rings. The molecule has 112 valence electrons. The molecule has 1 aromatic heterocycles. The molecule has 21 heavy (non-hydrogen) atoms. The van der Waals surface area contributed by atoms with E-state index in [4.69, 9.17) is 10.5 Å². The van der Waals surface area contributed by atoms with Crippen LogP contribution in [0.5, 0.6) is 5.75 Å². The Bertz CT molecular complexity index is 691. The fourth-order valence-corrected chi connectivity index (χ4v) is 2.15. The van der Waals surface area contributed by atoms with Crippen LogP contribution in [-0.2, 0) is 0 Å². The zero-order chi connectivity index (χ0) is 15.2. The number of hydrogen-bond donors (Lipinski definition) is 1. The number of nitrogens with zero attached hydrogens (tertiary/aromatic N) is 1. The van der Waals surface area contributed by atoms with Gasteiger partial charge in [0.1, 0.15) is 5.75 Å². The van der Waals surface area contributed by atoms with Crippen molar-refractivity contribution in [3.63, 3.8) is 0 Å². The second-order valence-corrected chi connectivity index (χ2v) is 4.82. The molecule has 2 N–H and O–H groups in total. The summed E-state index contributed by atoms with van der Waals surface area (Å²) in [4.78, 5) is 23.9. The van der Waals surface area contributed by atoms with Gasteiger partial charge in [0.25, 0.3) is 5.56 Å². The van der Waals surface area contributed by atoms with Crippen molar-refractivity contribution in [2.75, 3.05) is 13.2 Å². The molecule has 2 aromatic rings. The van der Waals surface area contributed by atoms with Crippen LogP contribution in [0.3, 0.4) is 0 Å². The number of unbranched alkanes of at least 4 members (excludes halogenated alkanes) is 1. The molecule has 0 amide bonds. The van der Waals surface area contributed by atoms with Crippen LogP contribution in [0.15, 0.2) is 35.1 Å². The molecule has 0 aliphatic heterocycles. The van der Waals surface area contributed by atoms with Gasteiger partial charge >= 0.3 is 0 Å². The van der Waals surface area contributed by atoms with Gasteiger partial charge in [-0.25, -0.2) is 4.57 Å². The van der Waals surface area contributed by atoms with E-state index in [0.717, 1.165) is 18.2 Å². The van der Waals surface area contributed by atoms with E-state index in [1.807, 2.05) is 12.1 Å². The highest BCUT2D eigenvalue weighted by Crippen LogP contribution is 2.20. The van der Waals surface area contributed by atoms with Gasteiger partial charge < -0.3 is 10.5 Å². The molecule has 0 aliphatic carbocycles. The van der Waals surface area contributed by atoms with Crippen molar-refractivity contribution >= 4 is 16.8 Å². The normalized spacial score (nSPS) is 10.8. The average molecular weight is 288 g/mol. The number of fused-ring (bicyclic) bond motifs is 1. The first-order valence-corrected chi connectivity index (χ1v) is 7.19. The van der Waals surface area contributed by atoms with E-state index in [0.29, 0.717) is 24.4 Å². The van der Waals surface area contributed by atoms with E-state index < -0.39 is 0 Å². The van der Waals surface area contributed by atoms with Crippen molar-refractivity contribution in [1.29, 1.82) is 0 Å². The minimum Gasteiger partial charge on any atom is -0.494 e. The molecule has 1 heterocycles. The van der Waals surface area contributed by atoms with Crippen LogP contribution in [0, 0.1) is 0 Å². The zero-order valence-corrected chi connectivity index (χ0v) is 12.2. The van der Waals surface area contributed by atoms with E-state index in [9.17, 15) is 9.59 Å². The Kier molecular flexibility index (Phi) is 5.11. The molecule has 0 aliphatic rings. The molecule has 0 radical (unpaired) electrons. The number of carbonyl (C=O) groups is 1. The molecule has 0 bridgehead atoms. The van der Waals surface area contributed by atoms with E-state index in [-0.39, 0.29) is 17.9 Å². The fourth-order valence-electron chi connectivity index (χ4n) is 2.15. The summed E-state index contributed by atoms with van der Waals surface area (Å²) in [5, 5.41) is 0.839. The Morgan fingerprint density at radius 3 is 2.71 bits per heavy atom. The third-order valence-corrected chi connectivity index (χ3v) is 3.29. The third-order valence-electron chi connectivity index (χ3n) is 3.29. The second kappa shape index (κ2) is 7.04. The van der Waals surface area contributed by atoms with Crippen molar-refractivity contribution in [3.8, 4) is 5.75 Å². The highest BCUT2D eigenvalue weighted by molar-refractivity contribution is 5.91. The first-order chi connectivity index (χ1) is 10.2. The monoisotopic (exact) mass is 288 g/mol. The lowest BCUT2D eigenvalue weighted by molar-refractivity contribution is 0.0910. The number of aromatic nitrogens is 1. The van der Waals surface area contributed by atoms with Crippen molar-refractivity contribution in [3.05, 3.63) is 40.7 Å². The minimum absolute atomic E-state index is 0.217. The zero-order valence-electron chi connectivity index (χ0n) is 12.2. The van der Waals surface area contributed by atoms with Gasteiger partial charge in [-0.3, -0.25) is 9.59 Å². The smallest absolute Gasteiger partial charge is 0.257 e. The van der Waals surface area contributed by atoms with Crippen molar-refractivity contribution in [2.45, 2.75) is 26.2 Å². The standard InChI is InChI=1S/C16H20N2O3/c1-2-15(19)18-14-11-13(21-10-4-3-9-17)7-5-12(14)6-8-16(18)20/h5-8,11H,2-4,9-10,17H2,1H3. The lowest BCUT2D eigenvalue weighted by Crippen LogP contribution is -2.25. The Morgan fingerprint density at radius 1 is 1.24 bits per heavy atom. The lowest BCUT2D eigenvalue weighted by atomic mass is 10.2. The predicted molar refractivity (Wildman–Crippen MR) is 82.9 cm³/mol. The van der Waals surface area contributed by atoms with Crippen LogP contribution in [0.2, 0.25) is 0 Å². The number of nitrogens with two attached hydrogens (primary N) is 1. The summed E-state index contributed by atoms with van der Waals surface area (Å²) in [6, 6.07) is 8.57. The molecule has 0 unspecified atom stereocenters. The Morgan fingerprint density at radius 2 is 2.00 bits per heavy atom. The molecular weight excluding hydrogens is 268 g/mol. The van der Waals surface area contributed by atoms with E-state index in [1.54, 1.807) is 19.1 Å². The maximum absolute atomic E-state index is 12.0. The number of carbonyl (C=O) groups excluding carboxylic acids is 1. The van der Waals surface area contributed by atoms with Crippen LogP contribution in [0.25, 0.3) is 10.9 Å². The maximum Gasteiger partial charge on any atom is 0.257 e. The number of hydrogen-bond acceptors (Lipinski definition) is 4. The van der Waals surface area contributed by atoms with Crippen LogP contribution >= 0.6 is 0 Å². The highest BCUT2D eigenvalue weighted by Gasteiger charge is 2.10. The van der Waals surface area contributed by atoms with Gasteiger partial charge in [-0.05, 0) is 43.0 Å². The van der Waals surface area contributed by atoms with Crippen molar-refractivity contribution < 1.29 is 9.53 Å². The third kappa shape index (κ3) is 3.49. The van der Waals surface area contributed by atoms with Gasteiger partial charge in [-0.15, -0.1) is 0 Å². The lowest BCUT2D eigenvalue weighted by Gasteiger charge is -2.10. The molecule has 0 spiro atoms. The van der Waals surface area contributed by atoms with E-state index in [1.165, 1.54) is 10.6 Å². The molecule has 0 saturated heterocycles. The van der Waals surface area contributed by atoms with Crippen LogP contribution in [0.4, 0.5) is 0 Å². The average Bonchev–Trinajstić information content (AvgIpc) is 2.50. The Labute approximate surface area is 123 Å². The number of benzene rings is 1. The van der Waals surface area contributed by atoms with E-state index >= 15 is 0 Å². The SMILES string of the molecule is CCC(=O)n1c(=O)ccc2ccc(OCCCCN)cc21. The summed E-state index contributed by atoms with van der Waals surface area (Å²) < 4.78 is 6.85. The summed E-state index contributed by atoms with van der Waals surface area (Å²) in [6.45, 7) is 2.95. The van der Waals surface area contributed by atoms with Crippen LogP contribution in [-0.4, -0.2) is 23.6 Å². The minimum atomic E-state index is -0.311. The Hall–Kier alpha value is -2.14.